The SMILES string of the molecule is Cc1nnc(SCC(=O)N2CCCCCCC2)n1Cc1ccccc1. The fourth-order valence-electron chi connectivity index (χ4n) is 3.13. The summed E-state index contributed by atoms with van der Waals surface area (Å²) in [6.07, 6.45) is 6.03. The number of carbonyl (C=O) groups excluding carboxylic acids is 1. The molecule has 1 aliphatic rings. The topological polar surface area (TPSA) is 51.0 Å². The van der Waals surface area contributed by atoms with Crippen LogP contribution in [-0.2, 0) is 11.3 Å². The molecule has 25 heavy (non-hydrogen) atoms. The van der Waals surface area contributed by atoms with Crippen molar-refractivity contribution >= 4 is 17.7 Å². The van der Waals surface area contributed by atoms with Gasteiger partial charge in [-0.2, -0.15) is 0 Å². The molecule has 0 aliphatic carbocycles. The monoisotopic (exact) mass is 358 g/mol. The van der Waals surface area contributed by atoms with E-state index in [1.807, 2.05) is 30.0 Å². The minimum Gasteiger partial charge on any atom is -0.342 e. The first-order valence-electron chi connectivity index (χ1n) is 9.08. The maximum atomic E-state index is 12.6. The van der Waals surface area contributed by atoms with E-state index in [0.717, 1.165) is 43.5 Å². The Balaban J connectivity index is 1.60. The van der Waals surface area contributed by atoms with Gasteiger partial charge in [-0.25, -0.2) is 0 Å². The first-order valence-corrected chi connectivity index (χ1v) is 10.1. The first-order chi connectivity index (χ1) is 12.2. The van der Waals surface area contributed by atoms with Crippen LogP contribution in [0.2, 0.25) is 0 Å². The third-order valence-corrected chi connectivity index (χ3v) is 5.57. The Hall–Kier alpha value is -1.82. The van der Waals surface area contributed by atoms with Gasteiger partial charge in [0.1, 0.15) is 5.82 Å². The van der Waals surface area contributed by atoms with E-state index in [1.165, 1.54) is 36.6 Å². The smallest absolute Gasteiger partial charge is 0.233 e. The number of amides is 1. The molecule has 1 aromatic carbocycles. The van der Waals surface area contributed by atoms with Gasteiger partial charge in [0.25, 0.3) is 0 Å². The first kappa shape index (κ1) is 18.0. The summed E-state index contributed by atoms with van der Waals surface area (Å²) < 4.78 is 2.08. The summed E-state index contributed by atoms with van der Waals surface area (Å²) in [5.41, 5.74) is 1.21. The van der Waals surface area contributed by atoms with Gasteiger partial charge in [0, 0.05) is 13.1 Å². The summed E-state index contributed by atoms with van der Waals surface area (Å²) in [7, 11) is 0. The molecule has 1 amide bonds. The molecule has 0 unspecified atom stereocenters. The van der Waals surface area contributed by atoms with Gasteiger partial charge in [-0.05, 0) is 25.3 Å². The summed E-state index contributed by atoms with van der Waals surface area (Å²) in [4.78, 5) is 14.6. The van der Waals surface area contributed by atoms with Crippen LogP contribution in [0.3, 0.4) is 0 Å². The quantitative estimate of drug-likeness (QED) is 0.768. The van der Waals surface area contributed by atoms with Crippen LogP contribution < -0.4 is 0 Å². The largest absolute Gasteiger partial charge is 0.342 e. The van der Waals surface area contributed by atoms with Crippen molar-refractivity contribution in [1.82, 2.24) is 19.7 Å². The molecule has 2 heterocycles. The Labute approximate surface area is 153 Å². The number of carbonyl (C=O) groups is 1. The number of nitrogens with zero attached hydrogens (tertiary/aromatic N) is 4. The van der Waals surface area contributed by atoms with Crippen LogP contribution >= 0.6 is 11.8 Å². The van der Waals surface area contributed by atoms with Gasteiger partial charge in [-0.15, -0.1) is 10.2 Å². The lowest BCUT2D eigenvalue weighted by molar-refractivity contribution is -0.128. The van der Waals surface area contributed by atoms with Gasteiger partial charge < -0.3 is 9.47 Å². The van der Waals surface area contributed by atoms with E-state index in [2.05, 4.69) is 26.9 Å². The van der Waals surface area contributed by atoms with Crippen molar-refractivity contribution in [2.24, 2.45) is 0 Å². The zero-order valence-corrected chi connectivity index (χ0v) is 15.7. The molecule has 3 rings (SSSR count). The molecular weight excluding hydrogens is 332 g/mol. The normalized spacial score (nSPS) is 15.6. The lowest BCUT2D eigenvalue weighted by atomic mass is 10.1. The molecule has 1 saturated heterocycles. The summed E-state index contributed by atoms with van der Waals surface area (Å²) in [5.74, 6) is 1.54. The van der Waals surface area contributed by atoms with Crippen LogP contribution in [0.15, 0.2) is 35.5 Å². The molecular formula is C19H26N4OS. The van der Waals surface area contributed by atoms with Gasteiger partial charge in [0.05, 0.1) is 12.3 Å². The van der Waals surface area contributed by atoms with Crippen molar-refractivity contribution in [2.75, 3.05) is 18.8 Å². The number of hydrogen-bond donors (Lipinski definition) is 0. The molecule has 0 radical (unpaired) electrons. The van der Waals surface area contributed by atoms with Gasteiger partial charge in [-0.1, -0.05) is 61.4 Å². The second-order valence-electron chi connectivity index (χ2n) is 6.54. The Morgan fingerprint density at radius 3 is 2.44 bits per heavy atom. The second kappa shape index (κ2) is 9.04. The number of aryl methyl sites for hydroxylation is 1. The van der Waals surface area contributed by atoms with Gasteiger partial charge in [0.2, 0.25) is 5.91 Å². The van der Waals surface area contributed by atoms with Gasteiger partial charge >= 0.3 is 0 Å². The molecule has 0 atom stereocenters. The van der Waals surface area contributed by atoms with Crippen molar-refractivity contribution in [1.29, 1.82) is 0 Å². The second-order valence-corrected chi connectivity index (χ2v) is 7.48. The third-order valence-electron chi connectivity index (χ3n) is 4.62. The van der Waals surface area contributed by atoms with E-state index in [1.54, 1.807) is 0 Å². The zero-order valence-electron chi connectivity index (χ0n) is 14.9. The molecule has 5 nitrogen and oxygen atoms in total. The molecule has 1 aromatic heterocycles. The van der Waals surface area contributed by atoms with E-state index < -0.39 is 0 Å². The molecule has 0 saturated carbocycles. The van der Waals surface area contributed by atoms with Crippen molar-refractivity contribution in [2.45, 2.75) is 50.7 Å². The van der Waals surface area contributed by atoms with E-state index in [4.69, 9.17) is 0 Å². The van der Waals surface area contributed by atoms with Crippen molar-refractivity contribution in [3.05, 3.63) is 41.7 Å². The molecule has 6 heteroatoms. The fraction of sp³-hybridized carbons (Fsp3) is 0.526. The number of rotatable bonds is 5. The number of likely N-dealkylation sites (tertiary alicyclic amines) is 1. The maximum Gasteiger partial charge on any atom is 0.233 e. The van der Waals surface area contributed by atoms with Crippen molar-refractivity contribution in [3.63, 3.8) is 0 Å². The average molecular weight is 359 g/mol. The Morgan fingerprint density at radius 1 is 1.04 bits per heavy atom. The van der Waals surface area contributed by atoms with Crippen LogP contribution in [0.1, 0.15) is 43.5 Å². The summed E-state index contributed by atoms with van der Waals surface area (Å²) in [6.45, 7) is 4.49. The van der Waals surface area contributed by atoms with Crippen LogP contribution in [-0.4, -0.2) is 44.4 Å². The van der Waals surface area contributed by atoms with Crippen LogP contribution in [0.5, 0.6) is 0 Å². The number of thioether (sulfide) groups is 1. The van der Waals surface area contributed by atoms with Crippen LogP contribution in [0.4, 0.5) is 0 Å². The van der Waals surface area contributed by atoms with Gasteiger partial charge in [-0.3, -0.25) is 4.79 Å². The highest BCUT2D eigenvalue weighted by atomic mass is 32.2. The third kappa shape index (κ3) is 5.08. The number of hydrogen-bond acceptors (Lipinski definition) is 4. The number of benzene rings is 1. The Morgan fingerprint density at radius 2 is 1.72 bits per heavy atom. The predicted octanol–water partition coefficient (Wildman–Crippen LogP) is 3.52. The van der Waals surface area contributed by atoms with E-state index >= 15 is 0 Å². The molecule has 0 spiro atoms. The highest BCUT2D eigenvalue weighted by Crippen LogP contribution is 2.20. The van der Waals surface area contributed by atoms with Crippen molar-refractivity contribution < 1.29 is 4.79 Å². The molecule has 0 N–H and O–H groups in total. The summed E-state index contributed by atoms with van der Waals surface area (Å²) in [5, 5.41) is 9.29. The van der Waals surface area contributed by atoms with Crippen LogP contribution in [0.25, 0.3) is 0 Å². The molecule has 134 valence electrons. The molecule has 1 fully saturated rings. The maximum absolute atomic E-state index is 12.6. The Kier molecular flexibility index (Phi) is 6.50. The van der Waals surface area contributed by atoms with E-state index in [0.29, 0.717) is 5.75 Å². The molecule has 2 aromatic rings. The highest BCUT2D eigenvalue weighted by molar-refractivity contribution is 7.99. The van der Waals surface area contributed by atoms with Gasteiger partial charge in [0.15, 0.2) is 5.16 Å². The minimum atomic E-state index is 0.221. The van der Waals surface area contributed by atoms with E-state index in [9.17, 15) is 4.79 Å². The summed E-state index contributed by atoms with van der Waals surface area (Å²) >= 11 is 1.50. The van der Waals surface area contributed by atoms with E-state index in [-0.39, 0.29) is 5.91 Å². The predicted molar refractivity (Wildman–Crippen MR) is 101 cm³/mol. The summed E-state index contributed by atoms with van der Waals surface area (Å²) in [6, 6.07) is 10.3. The molecule has 0 bridgehead atoms. The zero-order chi connectivity index (χ0) is 17.5. The fourth-order valence-corrected chi connectivity index (χ4v) is 4.02. The molecule has 1 aliphatic heterocycles. The highest BCUT2D eigenvalue weighted by Gasteiger charge is 2.17. The van der Waals surface area contributed by atoms with Crippen LogP contribution in [0, 0.1) is 6.92 Å². The lowest BCUT2D eigenvalue weighted by Crippen LogP contribution is -2.35. The van der Waals surface area contributed by atoms with Crippen molar-refractivity contribution in [3.8, 4) is 0 Å². The standard InChI is InChI=1S/C19H26N4OS/c1-16-20-21-19(23(16)14-17-10-6-5-7-11-17)25-15-18(24)22-12-8-3-2-4-9-13-22/h5-7,10-11H,2-4,8-9,12-15H2,1H3. The lowest BCUT2D eigenvalue weighted by Gasteiger charge is -2.24. The minimum absolute atomic E-state index is 0.221. The average Bonchev–Trinajstić information content (AvgIpc) is 2.93. The number of aromatic nitrogens is 3. The Bertz CT molecular complexity index is 678.